The first kappa shape index (κ1) is 22.3. The highest BCUT2D eigenvalue weighted by Gasteiger charge is 2.20. The highest BCUT2D eigenvalue weighted by atomic mass is 35.5. The van der Waals surface area contributed by atoms with Crippen molar-refractivity contribution in [2.45, 2.75) is 19.5 Å². The van der Waals surface area contributed by atoms with Crippen LogP contribution in [0.25, 0.3) is 0 Å². The normalized spacial score (nSPS) is 10.9. The quantitative estimate of drug-likeness (QED) is 0.395. The van der Waals surface area contributed by atoms with Crippen LogP contribution in [0.1, 0.15) is 28.0 Å². The molecular weight excluding hydrogens is 426 g/mol. The minimum absolute atomic E-state index is 0.175. The Morgan fingerprint density at radius 1 is 1.13 bits per heavy atom. The van der Waals surface area contributed by atoms with E-state index in [0.29, 0.717) is 48.3 Å². The van der Waals surface area contributed by atoms with E-state index in [1.165, 1.54) is 12.1 Å². The lowest BCUT2D eigenvalue weighted by molar-refractivity contribution is 0.0720. The van der Waals surface area contributed by atoms with Gasteiger partial charge in [0, 0.05) is 43.7 Å². The zero-order valence-electron chi connectivity index (χ0n) is 16.7. The van der Waals surface area contributed by atoms with Crippen LogP contribution in [0.2, 0.25) is 10.0 Å². The van der Waals surface area contributed by atoms with E-state index in [1.807, 2.05) is 29.0 Å². The molecule has 1 aromatic heterocycles. The van der Waals surface area contributed by atoms with Gasteiger partial charge in [0.1, 0.15) is 5.82 Å². The molecule has 0 saturated carbocycles. The number of rotatable bonds is 9. The summed E-state index contributed by atoms with van der Waals surface area (Å²) in [5, 5.41) is 0.797. The maximum Gasteiger partial charge on any atom is 0.255 e. The molecule has 0 unspecified atom stereocenters. The predicted octanol–water partition coefficient (Wildman–Crippen LogP) is 5.66. The fraction of sp³-hybridized carbons (Fsp3) is 0.261. The van der Waals surface area contributed by atoms with Crippen LogP contribution in [0.3, 0.4) is 0 Å². The number of ether oxygens (including phenoxy) is 1. The summed E-state index contributed by atoms with van der Waals surface area (Å²) in [5.74, 6) is -0.443. The van der Waals surface area contributed by atoms with Gasteiger partial charge in [0.2, 0.25) is 0 Å². The molecule has 1 amide bonds. The Balaban J connectivity index is 1.81. The molecule has 0 fully saturated rings. The molecule has 0 saturated heterocycles. The van der Waals surface area contributed by atoms with Crippen molar-refractivity contribution >= 4 is 29.1 Å². The largest absolute Gasteiger partial charge is 0.385 e. The van der Waals surface area contributed by atoms with Gasteiger partial charge in [0.05, 0.1) is 17.1 Å². The molecule has 158 valence electrons. The minimum atomic E-state index is -0.269. The third-order valence-corrected chi connectivity index (χ3v) is 5.29. The Morgan fingerprint density at radius 2 is 1.97 bits per heavy atom. The van der Waals surface area contributed by atoms with Crippen LogP contribution >= 0.6 is 23.2 Å². The molecule has 0 aliphatic rings. The van der Waals surface area contributed by atoms with Crippen molar-refractivity contribution in [2.75, 3.05) is 20.3 Å². The van der Waals surface area contributed by atoms with Crippen LogP contribution in [0.5, 0.6) is 0 Å². The van der Waals surface area contributed by atoms with E-state index in [0.717, 1.165) is 11.3 Å². The van der Waals surface area contributed by atoms with Gasteiger partial charge in [0.15, 0.2) is 0 Å². The zero-order valence-corrected chi connectivity index (χ0v) is 18.2. The van der Waals surface area contributed by atoms with Gasteiger partial charge >= 0.3 is 0 Å². The molecule has 0 aliphatic carbocycles. The lowest BCUT2D eigenvalue weighted by Crippen LogP contribution is -2.33. The Labute approximate surface area is 185 Å². The lowest BCUT2D eigenvalue weighted by Gasteiger charge is -2.24. The number of amides is 1. The number of hydrogen-bond donors (Lipinski definition) is 0. The first-order valence-corrected chi connectivity index (χ1v) is 10.3. The standard InChI is InChI=1S/C23H23Cl2FN2O2/c1-30-12-4-11-28(23(29)21-9-8-18(24)14-22(21)25)16-20-7-3-10-27(20)15-17-5-2-6-19(26)13-17/h2-3,5-10,13-14H,4,11-12,15-16H2,1H3. The molecule has 1 heterocycles. The second-order valence-corrected chi connectivity index (χ2v) is 7.80. The van der Waals surface area contributed by atoms with Crippen LogP contribution in [0.4, 0.5) is 4.39 Å². The van der Waals surface area contributed by atoms with E-state index in [2.05, 4.69) is 0 Å². The molecule has 0 radical (unpaired) electrons. The Kier molecular flexibility index (Phi) is 7.91. The summed E-state index contributed by atoms with van der Waals surface area (Å²) in [6.45, 7) is 1.96. The van der Waals surface area contributed by atoms with Crippen molar-refractivity contribution in [1.82, 2.24) is 9.47 Å². The van der Waals surface area contributed by atoms with E-state index in [4.69, 9.17) is 27.9 Å². The van der Waals surface area contributed by atoms with Crippen molar-refractivity contribution in [2.24, 2.45) is 0 Å². The maximum absolute atomic E-state index is 13.5. The second kappa shape index (κ2) is 10.6. The fourth-order valence-electron chi connectivity index (χ4n) is 3.26. The first-order chi connectivity index (χ1) is 14.5. The number of methoxy groups -OCH3 is 1. The van der Waals surface area contributed by atoms with Crippen molar-refractivity contribution in [1.29, 1.82) is 0 Å². The van der Waals surface area contributed by atoms with Gasteiger partial charge in [0.25, 0.3) is 5.91 Å². The summed E-state index contributed by atoms with van der Waals surface area (Å²) in [6.07, 6.45) is 2.62. The Bertz CT molecular complexity index is 1010. The summed E-state index contributed by atoms with van der Waals surface area (Å²) in [4.78, 5) is 15.0. The molecule has 7 heteroatoms. The Morgan fingerprint density at radius 3 is 2.70 bits per heavy atom. The SMILES string of the molecule is COCCCN(Cc1cccn1Cc1cccc(F)c1)C(=O)c1ccc(Cl)cc1Cl. The zero-order chi connectivity index (χ0) is 21.5. The average Bonchev–Trinajstić information content (AvgIpc) is 3.13. The predicted molar refractivity (Wildman–Crippen MR) is 118 cm³/mol. The van der Waals surface area contributed by atoms with Crippen LogP contribution in [-0.2, 0) is 17.8 Å². The monoisotopic (exact) mass is 448 g/mol. The van der Waals surface area contributed by atoms with E-state index in [9.17, 15) is 9.18 Å². The Hall–Kier alpha value is -2.34. The summed E-state index contributed by atoms with van der Waals surface area (Å²) in [7, 11) is 1.63. The van der Waals surface area contributed by atoms with E-state index >= 15 is 0 Å². The summed E-state index contributed by atoms with van der Waals surface area (Å²) in [5.41, 5.74) is 2.20. The molecule has 0 spiro atoms. The van der Waals surface area contributed by atoms with Crippen molar-refractivity contribution in [3.8, 4) is 0 Å². The van der Waals surface area contributed by atoms with Crippen molar-refractivity contribution in [3.05, 3.63) is 93.5 Å². The number of benzene rings is 2. The minimum Gasteiger partial charge on any atom is -0.385 e. The molecule has 0 atom stereocenters. The topological polar surface area (TPSA) is 34.5 Å². The number of halogens is 3. The number of hydrogen-bond acceptors (Lipinski definition) is 2. The summed E-state index contributed by atoms with van der Waals surface area (Å²) < 4.78 is 20.7. The van der Waals surface area contributed by atoms with Gasteiger partial charge in [-0.15, -0.1) is 0 Å². The molecule has 3 rings (SSSR count). The molecule has 0 N–H and O–H groups in total. The summed E-state index contributed by atoms with van der Waals surface area (Å²) >= 11 is 12.2. The number of carbonyl (C=O) groups is 1. The maximum atomic E-state index is 13.5. The molecule has 2 aromatic carbocycles. The number of aromatic nitrogens is 1. The third-order valence-electron chi connectivity index (χ3n) is 4.74. The first-order valence-electron chi connectivity index (χ1n) is 9.59. The molecule has 3 aromatic rings. The van der Waals surface area contributed by atoms with Gasteiger partial charge < -0.3 is 14.2 Å². The van der Waals surface area contributed by atoms with Gasteiger partial charge in [-0.2, -0.15) is 0 Å². The molecule has 30 heavy (non-hydrogen) atoms. The van der Waals surface area contributed by atoms with Crippen LogP contribution in [-0.4, -0.2) is 35.6 Å². The highest BCUT2D eigenvalue weighted by molar-refractivity contribution is 6.36. The van der Waals surface area contributed by atoms with E-state index < -0.39 is 0 Å². The van der Waals surface area contributed by atoms with Crippen LogP contribution in [0, 0.1) is 5.82 Å². The second-order valence-electron chi connectivity index (χ2n) is 6.95. The van der Waals surface area contributed by atoms with Gasteiger partial charge in [-0.05, 0) is 54.4 Å². The highest BCUT2D eigenvalue weighted by Crippen LogP contribution is 2.23. The smallest absolute Gasteiger partial charge is 0.255 e. The summed E-state index contributed by atoms with van der Waals surface area (Å²) in [6, 6.07) is 15.2. The number of nitrogens with zero attached hydrogens (tertiary/aromatic N) is 2. The lowest BCUT2D eigenvalue weighted by atomic mass is 10.1. The van der Waals surface area contributed by atoms with Crippen LogP contribution < -0.4 is 0 Å². The molecule has 0 bridgehead atoms. The molecule has 0 aliphatic heterocycles. The van der Waals surface area contributed by atoms with Crippen molar-refractivity contribution in [3.63, 3.8) is 0 Å². The molecule has 4 nitrogen and oxygen atoms in total. The van der Waals surface area contributed by atoms with Crippen molar-refractivity contribution < 1.29 is 13.9 Å². The molecular formula is C23H23Cl2FN2O2. The van der Waals surface area contributed by atoms with E-state index in [1.54, 1.807) is 36.3 Å². The van der Waals surface area contributed by atoms with Gasteiger partial charge in [-0.3, -0.25) is 4.79 Å². The average molecular weight is 449 g/mol. The fourth-order valence-corrected chi connectivity index (χ4v) is 3.75. The number of carbonyl (C=O) groups excluding carboxylic acids is 1. The van der Waals surface area contributed by atoms with Gasteiger partial charge in [-0.1, -0.05) is 35.3 Å². The third kappa shape index (κ3) is 5.85. The van der Waals surface area contributed by atoms with Crippen LogP contribution in [0.15, 0.2) is 60.8 Å². The van der Waals surface area contributed by atoms with Gasteiger partial charge in [-0.25, -0.2) is 4.39 Å². The van der Waals surface area contributed by atoms with E-state index in [-0.39, 0.29) is 11.7 Å².